The number of nitrogens with one attached hydrogen (secondary N) is 2. The molecule has 1 unspecified atom stereocenters. The summed E-state index contributed by atoms with van der Waals surface area (Å²) in [6.45, 7) is 4.43. The quantitative estimate of drug-likeness (QED) is 0.628. The predicted molar refractivity (Wildman–Crippen MR) is 108 cm³/mol. The zero-order valence-corrected chi connectivity index (χ0v) is 15.5. The number of hydrogen-bond donors (Lipinski definition) is 2. The molecule has 1 aromatic heterocycles. The molecule has 1 atom stereocenters. The molecule has 0 radical (unpaired) electrons. The number of benzene rings is 2. The van der Waals surface area contributed by atoms with E-state index in [1.54, 1.807) is 18.3 Å². The van der Waals surface area contributed by atoms with Gasteiger partial charge in [0.25, 0.3) is 5.91 Å². The van der Waals surface area contributed by atoms with Crippen molar-refractivity contribution in [1.29, 1.82) is 0 Å². The van der Waals surface area contributed by atoms with Gasteiger partial charge in [-0.1, -0.05) is 30.3 Å². The lowest BCUT2D eigenvalue weighted by Gasteiger charge is -2.16. The first-order chi connectivity index (χ1) is 13.2. The molecule has 2 aromatic carbocycles. The lowest BCUT2D eigenvalue weighted by atomic mass is 10.1. The number of rotatable bonds is 7. The first kappa shape index (κ1) is 18.5. The van der Waals surface area contributed by atoms with Crippen LogP contribution in [0.15, 0.2) is 72.9 Å². The van der Waals surface area contributed by atoms with Crippen LogP contribution in [0.5, 0.6) is 5.88 Å². The molecular weight excluding hydrogens is 338 g/mol. The van der Waals surface area contributed by atoms with E-state index in [4.69, 9.17) is 4.74 Å². The van der Waals surface area contributed by atoms with Crippen LogP contribution < -0.4 is 15.4 Å². The van der Waals surface area contributed by atoms with Crippen molar-refractivity contribution in [2.45, 2.75) is 19.9 Å². The summed E-state index contributed by atoms with van der Waals surface area (Å²) in [6.07, 6.45) is 1.61. The van der Waals surface area contributed by atoms with Crippen LogP contribution in [0.4, 0.5) is 11.4 Å². The van der Waals surface area contributed by atoms with E-state index in [1.165, 1.54) is 5.56 Å². The lowest BCUT2D eigenvalue weighted by molar-refractivity contribution is 0.102. The number of amides is 1. The average molecular weight is 361 g/mol. The molecule has 3 aromatic rings. The van der Waals surface area contributed by atoms with Crippen LogP contribution in [0.25, 0.3) is 0 Å². The number of nitrogens with zero attached hydrogens (tertiary/aromatic N) is 1. The second-order valence-corrected chi connectivity index (χ2v) is 6.10. The van der Waals surface area contributed by atoms with Crippen molar-refractivity contribution in [3.63, 3.8) is 0 Å². The topological polar surface area (TPSA) is 63.2 Å². The molecular formula is C22H23N3O2. The van der Waals surface area contributed by atoms with Gasteiger partial charge in [-0.2, -0.15) is 0 Å². The van der Waals surface area contributed by atoms with Gasteiger partial charge in [-0.05, 0) is 55.8 Å². The highest BCUT2D eigenvalue weighted by Gasteiger charge is 2.13. The number of pyridine rings is 1. The molecule has 0 spiro atoms. The van der Waals surface area contributed by atoms with Gasteiger partial charge in [0, 0.05) is 23.6 Å². The van der Waals surface area contributed by atoms with Crippen molar-refractivity contribution in [1.82, 2.24) is 4.98 Å². The molecule has 0 aliphatic heterocycles. The third-order valence-electron chi connectivity index (χ3n) is 4.12. The minimum absolute atomic E-state index is 0.191. The average Bonchev–Trinajstić information content (AvgIpc) is 2.71. The van der Waals surface area contributed by atoms with Gasteiger partial charge in [-0.25, -0.2) is 4.98 Å². The Balaban J connectivity index is 1.65. The Kier molecular flexibility index (Phi) is 6.05. The largest absolute Gasteiger partial charge is 0.477 e. The zero-order chi connectivity index (χ0) is 19.1. The molecule has 5 heteroatoms. The van der Waals surface area contributed by atoms with Gasteiger partial charge >= 0.3 is 0 Å². The smallest absolute Gasteiger partial charge is 0.261 e. The fourth-order valence-corrected chi connectivity index (χ4v) is 2.74. The number of aromatic nitrogens is 1. The predicted octanol–water partition coefficient (Wildman–Crippen LogP) is 4.91. The maximum absolute atomic E-state index is 12.5. The van der Waals surface area contributed by atoms with Crippen molar-refractivity contribution in [3.05, 3.63) is 84.1 Å². The first-order valence-corrected chi connectivity index (χ1v) is 8.98. The van der Waals surface area contributed by atoms with Crippen molar-refractivity contribution in [3.8, 4) is 5.88 Å². The molecule has 1 amide bonds. The molecule has 0 aliphatic rings. The minimum Gasteiger partial charge on any atom is -0.477 e. The standard InChI is InChI=1S/C22H23N3O2/c1-3-27-22-20(10-7-15-23-22)21(26)25-19-13-11-18(12-14-19)24-16(2)17-8-5-4-6-9-17/h4-16,24H,3H2,1-2H3,(H,25,26). The maximum atomic E-state index is 12.5. The van der Waals surface area contributed by atoms with Crippen LogP contribution in [0.1, 0.15) is 35.8 Å². The summed E-state index contributed by atoms with van der Waals surface area (Å²) in [6, 6.07) is 21.5. The van der Waals surface area contributed by atoms with Crippen molar-refractivity contribution in [2.24, 2.45) is 0 Å². The molecule has 0 saturated heterocycles. The number of ether oxygens (including phenoxy) is 1. The van der Waals surface area contributed by atoms with E-state index in [9.17, 15) is 4.79 Å². The molecule has 2 N–H and O–H groups in total. The van der Waals surface area contributed by atoms with E-state index < -0.39 is 0 Å². The summed E-state index contributed by atoms with van der Waals surface area (Å²) >= 11 is 0. The van der Waals surface area contributed by atoms with Crippen LogP contribution in [0, 0.1) is 0 Å². The summed E-state index contributed by atoms with van der Waals surface area (Å²) in [5, 5.41) is 6.34. The summed E-state index contributed by atoms with van der Waals surface area (Å²) in [4.78, 5) is 16.6. The van der Waals surface area contributed by atoms with E-state index in [-0.39, 0.29) is 11.9 Å². The Hall–Kier alpha value is -3.34. The fraction of sp³-hybridized carbons (Fsp3) is 0.182. The highest BCUT2D eigenvalue weighted by molar-refractivity contribution is 6.05. The maximum Gasteiger partial charge on any atom is 0.261 e. The Labute approximate surface area is 159 Å². The molecule has 0 saturated carbocycles. The van der Waals surface area contributed by atoms with Crippen LogP contribution in [0.3, 0.4) is 0 Å². The van der Waals surface area contributed by atoms with Crippen LogP contribution >= 0.6 is 0 Å². The second kappa shape index (κ2) is 8.85. The molecule has 138 valence electrons. The van der Waals surface area contributed by atoms with Gasteiger partial charge in [0.05, 0.1) is 6.61 Å². The molecule has 0 aliphatic carbocycles. The van der Waals surface area contributed by atoms with Crippen LogP contribution in [-0.2, 0) is 0 Å². The summed E-state index contributed by atoms with van der Waals surface area (Å²) in [5.74, 6) is 0.0948. The summed E-state index contributed by atoms with van der Waals surface area (Å²) in [7, 11) is 0. The summed E-state index contributed by atoms with van der Waals surface area (Å²) in [5.41, 5.74) is 3.33. The lowest BCUT2D eigenvalue weighted by Crippen LogP contribution is -2.14. The SMILES string of the molecule is CCOc1ncccc1C(=O)Nc1ccc(NC(C)c2ccccc2)cc1. The highest BCUT2D eigenvalue weighted by Crippen LogP contribution is 2.22. The van der Waals surface area contributed by atoms with Crippen LogP contribution in [0.2, 0.25) is 0 Å². The number of carbonyl (C=O) groups excluding carboxylic acids is 1. The van der Waals surface area contributed by atoms with Crippen molar-refractivity contribution in [2.75, 3.05) is 17.2 Å². The Morgan fingerprint density at radius 1 is 1.00 bits per heavy atom. The van der Waals surface area contributed by atoms with E-state index >= 15 is 0 Å². The number of carbonyl (C=O) groups is 1. The Morgan fingerprint density at radius 3 is 2.41 bits per heavy atom. The molecule has 1 heterocycles. The van der Waals surface area contributed by atoms with E-state index in [0.717, 1.165) is 5.69 Å². The third-order valence-corrected chi connectivity index (χ3v) is 4.12. The second-order valence-electron chi connectivity index (χ2n) is 6.10. The van der Waals surface area contributed by atoms with E-state index in [2.05, 4.69) is 34.7 Å². The van der Waals surface area contributed by atoms with Gasteiger partial charge in [-0.15, -0.1) is 0 Å². The summed E-state index contributed by atoms with van der Waals surface area (Å²) < 4.78 is 5.42. The van der Waals surface area contributed by atoms with Gasteiger partial charge < -0.3 is 15.4 Å². The van der Waals surface area contributed by atoms with Crippen molar-refractivity contribution >= 4 is 17.3 Å². The molecule has 27 heavy (non-hydrogen) atoms. The Morgan fingerprint density at radius 2 is 1.70 bits per heavy atom. The monoisotopic (exact) mass is 361 g/mol. The fourth-order valence-electron chi connectivity index (χ4n) is 2.74. The Bertz CT molecular complexity index is 880. The molecule has 3 rings (SSSR count). The third kappa shape index (κ3) is 4.85. The van der Waals surface area contributed by atoms with E-state index in [1.807, 2.05) is 49.4 Å². The van der Waals surface area contributed by atoms with Gasteiger partial charge in [0.15, 0.2) is 0 Å². The number of anilines is 2. The highest BCUT2D eigenvalue weighted by atomic mass is 16.5. The van der Waals surface area contributed by atoms with Crippen molar-refractivity contribution < 1.29 is 9.53 Å². The van der Waals surface area contributed by atoms with Gasteiger partial charge in [-0.3, -0.25) is 4.79 Å². The van der Waals surface area contributed by atoms with Crippen LogP contribution in [-0.4, -0.2) is 17.5 Å². The van der Waals surface area contributed by atoms with Gasteiger partial charge in [0.1, 0.15) is 5.56 Å². The normalized spacial score (nSPS) is 11.5. The molecule has 5 nitrogen and oxygen atoms in total. The van der Waals surface area contributed by atoms with Gasteiger partial charge in [0.2, 0.25) is 5.88 Å². The molecule has 0 bridgehead atoms. The minimum atomic E-state index is -0.245. The number of hydrogen-bond acceptors (Lipinski definition) is 4. The van der Waals surface area contributed by atoms with E-state index in [0.29, 0.717) is 23.7 Å². The first-order valence-electron chi connectivity index (χ1n) is 8.98. The molecule has 0 fully saturated rings. The zero-order valence-electron chi connectivity index (χ0n) is 15.5.